The fourth-order valence-corrected chi connectivity index (χ4v) is 1.98. The SMILES string of the molecule is O=C(O)c1ccc(CNc2c(F)cccc2Br)nc1. The molecule has 0 bridgehead atoms. The molecule has 0 amide bonds. The topological polar surface area (TPSA) is 62.2 Å². The van der Waals surface area contributed by atoms with Crippen molar-refractivity contribution in [1.29, 1.82) is 0 Å². The second-order valence-electron chi connectivity index (χ2n) is 3.79. The monoisotopic (exact) mass is 324 g/mol. The third-order valence-electron chi connectivity index (χ3n) is 2.48. The molecule has 1 heterocycles. The van der Waals surface area contributed by atoms with Gasteiger partial charge in [0, 0.05) is 10.7 Å². The molecule has 0 spiro atoms. The number of halogens is 2. The average Bonchev–Trinajstić information content (AvgIpc) is 2.38. The molecule has 4 nitrogen and oxygen atoms in total. The Kier molecular flexibility index (Phi) is 4.11. The molecule has 2 N–H and O–H groups in total. The number of anilines is 1. The molecule has 0 saturated heterocycles. The van der Waals surface area contributed by atoms with E-state index in [0.29, 0.717) is 22.4 Å². The summed E-state index contributed by atoms with van der Waals surface area (Å²) in [5, 5.41) is 11.7. The molecule has 0 saturated carbocycles. The predicted molar refractivity (Wildman–Crippen MR) is 72.6 cm³/mol. The highest BCUT2D eigenvalue weighted by molar-refractivity contribution is 9.10. The van der Waals surface area contributed by atoms with Gasteiger partial charge in [-0.25, -0.2) is 9.18 Å². The van der Waals surface area contributed by atoms with E-state index in [1.807, 2.05) is 0 Å². The van der Waals surface area contributed by atoms with Gasteiger partial charge in [0.05, 0.1) is 23.5 Å². The number of pyridine rings is 1. The first kappa shape index (κ1) is 13.5. The second-order valence-corrected chi connectivity index (χ2v) is 4.65. The van der Waals surface area contributed by atoms with Crippen molar-refractivity contribution >= 4 is 27.6 Å². The van der Waals surface area contributed by atoms with Gasteiger partial charge in [-0.2, -0.15) is 0 Å². The fourth-order valence-electron chi connectivity index (χ4n) is 1.50. The maximum atomic E-state index is 13.5. The Hall–Kier alpha value is -1.95. The van der Waals surface area contributed by atoms with Gasteiger partial charge >= 0.3 is 5.97 Å². The van der Waals surface area contributed by atoms with Crippen LogP contribution >= 0.6 is 15.9 Å². The molecule has 0 fully saturated rings. The largest absolute Gasteiger partial charge is 0.478 e. The zero-order valence-corrected chi connectivity index (χ0v) is 11.3. The number of aromatic carboxylic acids is 1. The highest BCUT2D eigenvalue weighted by atomic mass is 79.9. The Bertz CT molecular complexity index is 582. The lowest BCUT2D eigenvalue weighted by atomic mass is 10.2. The number of benzene rings is 1. The van der Waals surface area contributed by atoms with Gasteiger partial charge in [0.1, 0.15) is 5.82 Å². The lowest BCUT2D eigenvalue weighted by molar-refractivity contribution is 0.0696. The smallest absolute Gasteiger partial charge is 0.337 e. The zero-order chi connectivity index (χ0) is 13.8. The van der Waals surface area contributed by atoms with Crippen LogP contribution in [0.1, 0.15) is 16.1 Å². The molecule has 1 aromatic heterocycles. The molecule has 2 rings (SSSR count). The molecule has 98 valence electrons. The van der Waals surface area contributed by atoms with Crippen molar-refractivity contribution in [2.45, 2.75) is 6.54 Å². The first-order valence-electron chi connectivity index (χ1n) is 5.44. The third kappa shape index (κ3) is 3.29. The van der Waals surface area contributed by atoms with E-state index in [1.165, 1.54) is 18.3 Å². The van der Waals surface area contributed by atoms with E-state index in [-0.39, 0.29) is 11.4 Å². The maximum absolute atomic E-state index is 13.5. The summed E-state index contributed by atoms with van der Waals surface area (Å²) in [6.45, 7) is 0.305. The molecule has 19 heavy (non-hydrogen) atoms. The van der Waals surface area contributed by atoms with Crippen molar-refractivity contribution < 1.29 is 14.3 Å². The minimum absolute atomic E-state index is 0.121. The first-order chi connectivity index (χ1) is 9.08. The summed E-state index contributed by atoms with van der Waals surface area (Å²) >= 11 is 3.25. The van der Waals surface area contributed by atoms with Crippen molar-refractivity contribution in [1.82, 2.24) is 4.98 Å². The molecule has 0 radical (unpaired) electrons. The summed E-state index contributed by atoms with van der Waals surface area (Å²) in [5.74, 6) is -1.39. The Morgan fingerprint density at radius 2 is 2.16 bits per heavy atom. The molecule has 0 aliphatic heterocycles. The van der Waals surface area contributed by atoms with E-state index in [4.69, 9.17) is 5.11 Å². The van der Waals surface area contributed by atoms with E-state index in [2.05, 4.69) is 26.2 Å². The molecular formula is C13H10BrFN2O2. The van der Waals surface area contributed by atoms with Gasteiger partial charge in [0.25, 0.3) is 0 Å². The van der Waals surface area contributed by atoms with E-state index in [9.17, 15) is 9.18 Å². The van der Waals surface area contributed by atoms with Crippen LogP contribution < -0.4 is 5.32 Å². The van der Waals surface area contributed by atoms with Crippen molar-refractivity contribution in [2.24, 2.45) is 0 Å². The number of carbonyl (C=O) groups is 1. The normalized spacial score (nSPS) is 10.2. The number of hydrogen-bond donors (Lipinski definition) is 2. The van der Waals surface area contributed by atoms with Crippen LogP contribution in [-0.2, 0) is 6.54 Å². The van der Waals surface area contributed by atoms with Gasteiger partial charge in [-0.15, -0.1) is 0 Å². The van der Waals surface area contributed by atoms with Gasteiger partial charge in [0.2, 0.25) is 0 Å². The first-order valence-corrected chi connectivity index (χ1v) is 6.23. The van der Waals surface area contributed by atoms with E-state index < -0.39 is 5.97 Å². The molecule has 0 atom stereocenters. The summed E-state index contributed by atoms with van der Waals surface area (Å²) in [5.41, 5.74) is 1.10. The molecular weight excluding hydrogens is 315 g/mol. The number of carboxylic acid groups (broad SMARTS) is 1. The van der Waals surface area contributed by atoms with E-state index in [1.54, 1.807) is 18.2 Å². The number of nitrogens with one attached hydrogen (secondary N) is 1. The molecule has 1 aromatic carbocycles. The minimum Gasteiger partial charge on any atom is -0.478 e. The summed E-state index contributed by atoms with van der Waals surface area (Å²) in [6.07, 6.45) is 1.27. The number of aromatic nitrogens is 1. The number of carboxylic acids is 1. The number of rotatable bonds is 4. The van der Waals surface area contributed by atoms with Crippen LogP contribution in [0.5, 0.6) is 0 Å². The quantitative estimate of drug-likeness (QED) is 0.905. The van der Waals surface area contributed by atoms with Gasteiger partial charge in [-0.1, -0.05) is 6.07 Å². The van der Waals surface area contributed by atoms with Crippen molar-refractivity contribution in [3.05, 3.63) is 58.1 Å². The number of para-hydroxylation sites is 1. The lowest BCUT2D eigenvalue weighted by Gasteiger charge is -2.09. The molecule has 0 aliphatic rings. The Labute approximate surface area is 117 Å². The van der Waals surface area contributed by atoms with Gasteiger partial charge in [0.15, 0.2) is 0 Å². The van der Waals surface area contributed by atoms with Crippen molar-refractivity contribution in [3.8, 4) is 0 Å². The second kappa shape index (κ2) is 5.79. The molecule has 0 unspecified atom stereocenters. The van der Waals surface area contributed by atoms with E-state index in [0.717, 1.165) is 0 Å². The highest BCUT2D eigenvalue weighted by Crippen LogP contribution is 2.25. The van der Waals surface area contributed by atoms with Crippen LogP contribution in [0.4, 0.5) is 10.1 Å². The van der Waals surface area contributed by atoms with E-state index >= 15 is 0 Å². The van der Waals surface area contributed by atoms with Gasteiger partial charge in [-0.3, -0.25) is 4.98 Å². The van der Waals surface area contributed by atoms with Crippen LogP contribution in [0.15, 0.2) is 41.0 Å². The van der Waals surface area contributed by atoms with Crippen LogP contribution in [0.3, 0.4) is 0 Å². The summed E-state index contributed by atoms with van der Waals surface area (Å²) < 4.78 is 14.2. The maximum Gasteiger partial charge on any atom is 0.337 e. The van der Waals surface area contributed by atoms with Crippen molar-refractivity contribution in [2.75, 3.05) is 5.32 Å². The average molecular weight is 325 g/mol. The lowest BCUT2D eigenvalue weighted by Crippen LogP contribution is -2.05. The van der Waals surface area contributed by atoms with Crippen molar-refractivity contribution in [3.63, 3.8) is 0 Å². The minimum atomic E-state index is -1.02. The predicted octanol–water partition coefficient (Wildman–Crippen LogP) is 3.29. The Morgan fingerprint density at radius 3 is 2.74 bits per heavy atom. The van der Waals surface area contributed by atoms with Crippen LogP contribution in [0.25, 0.3) is 0 Å². The van der Waals surface area contributed by atoms with Crippen LogP contribution in [0.2, 0.25) is 0 Å². The molecule has 6 heteroatoms. The zero-order valence-electron chi connectivity index (χ0n) is 9.73. The molecule has 0 aliphatic carbocycles. The third-order valence-corrected chi connectivity index (χ3v) is 3.14. The van der Waals surface area contributed by atoms with Crippen LogP contribution in [-0.4, -0.2) is 16.1 Å². The highest BCUT2D eigenvalue weighted by Gasteiger charge is 2.07. The summed E-state index contributed by atoms with van der Waals surface area (Å²) in [6, 6.07) is 7.73. The van der Waals surface area contributed by atoms with Crippen LogP contribution in [0, 0.1) is 5.82 Å². The fraction of sp³-hybridized carbons (Fsp3) is 0.0769. The number of hydrogen-bond acceptors (Lipinski definition) is 3. The van der Waals surface area contributed by atoms with Gasteiger partial charge in [-0.05, 0) is 40.2 Å². The summed E-state index contributed by atoms with van der Waals surface area (Å²) in [7, 11) is 0. The standard InChI is InChI=1S/C13H10BrFN2O2/c14-10-2-1-3-11(15)12(10)17-7-9-5-4-8(6-16-9)13(18)19/h1-6,17H,7H2,(H,18,19). The van der Waals surface area contributed by atoms with Gasteiger partial charge < -0.3 is 10.4 Å². The summed E-state index contributed by atoms with van der Waals surface area (Å²) in [4.78, 5) is 14.7. The Balaban J connectivity index is 2.08. The number of nitrogens with zero attached hydrogens (tertiary/aromatic N) is 1. The Morgan fingerprint density at radius 1 is 1.37 bits per heavy atom. The molecule has 2 aromatic rings.